The summed E-state index contributed by atoms with van der Waals surface area (Å²) in [5.74, 6) is -0.638. The maximum atomic E-state index is 10.4. The van der Waals surface area contributed by atoms with Crippen LogP contribution in [0.2, 0.25) is 0 Å². The SMILES string of the molecule is CC(C)(C)C(O)C(C#N)C1NC2=C(S1)C(O)C=CC=C2O. The average molecular weight is 308 g/mol. The van der Waals surface area contributed by atoms with Crippen LogP contribution in [0.1, 0.15) is 20.8 Å². The van der Waals surface area contributed by atoms with Crippen LogP contribution in [0.5, 0.6) is 0 Å². The van der Waals surface area contributed by atoms with Crippen LogP contribution in [0.15, 0.2) is 34.6 Å². The zero-order valence-corrected chi connectivity index (χ0v) is 13.1. The Morgan fingerprint density at radius 3 is 2.67 bits per heavy atom. The van der Waals surface area contributed by atoms with Crippen molar-refractivity contribution < 1.29 is 15.3 Å². The molecule has 6 heteroatoms. The van der Waals surface area contributed by atoms with E-state index in [1.165, 1.54) is 17.8 Å². The number of rotatable bonds is 2. The molecule has 2 aliphatic rings. The van der Waals surface area contributed by atoms with Crippen molar-refractivity contribution in [1.29, 1.82) is 5.26 Å². The molecule has 1 aliphatic heterocycles. The van der Waals surface area contributed by atoms with Gasteiger partial charge in [0.05, 0.1) is 23.2 Å². The molecule has 0 radical (unpaired) electrons. The van der Waals surface area contributed by atoms with Gasteiger partial charge in [-0.25, -0.2) is 0 Å². The van der Waals surface area contributed by atoms with Crippen molar-refractivity contribution in [1.82, 2.24) is 5.32 Å². The van der Waals surface area contributed by atoms with E-state index in [0.29, 0.717) is 10.6 Å². The average Bonchev–Trinajstić information content (AvgIpc) is 2.78. The molecule has 114 valence electrons. The van der Waals surface area contributed by atoms with Gasteiger partial charge < -0.3 is 20.6 Å². The number of hydrogen-bond donors (Lipinski definition) is 4. The number of nitrogens with zero attached hydrogens (tertiary/aromatic N) is 1. The first-order chi connectivity index (χ1) is 9.75. The summed E-state index contributed by atoms with van der Waals surface area (Å²) in [6.07, 6.45) is 2.99. The van der Waals surface area contributed by atoms with Crippen molar-refractivity contribution in [3.8, 4) is 6.07 Å². The van der Waals surface area contributed by atoms with E-state index >= 15 is 0 Å². The topological polar surface area (TPSA) is 96.5 Å². The van der Waals surface area contributed by atoms with Gasteiger partial charge >= 0.3 is 0 Å². The Bertz CT molecular complexity index is 554. The summed E-state index contributed by atoms with van der Waals surface area (Å²) in [5, 5.41) is 42.5. The molecule has 0 saturated heterocycles. The number of hydrogen-bond acceptors (Lipinski definition) is 6. The largest absolute Gasteiger partial charge is 0.506 e. The molecule has 1 aliphatic carbocycles. The highest BCUT2D eigenvalue weighted by Gasteiger charge is 2.41. The maximum absolute atomic E-state index is 10.4. The first-order valence-corrected chi connectivity index (χ1v) is 7.64. The van der Waals surface area contributed by atoms with E-state index in [-0.39, 0.29) is 5.76 Å². The fourth-order valence-electron chi connectivity index (χ4n) is 2.28. The van der Waals surface area contributed by atoms with Crippen LogP contribution in [-0.4, -0.2) is 32.9 Å². The number of thioether (sulfide) groups is 1. The van der Waals surface area contributed by atoms with Crippen LogP contribution in [0.25, 0.3) is 0 Å². The molecule has 0 bridgehead atoms. The van der Waals surface area contributed by atoms with Gasteiger partial charge in [-0.1, -0.05) is 44.7 Å². The zero-order chi connectivity index (χ0) is 15.8. The Morgan fingerprint density at radius 2 is 2.10 bits per heavy atom. The van der Waals surface area contributed by atoms with Gasteiger partial charge in [-0.2, -0.15) is 5.26 Å². The van der Waals surface area contributed by atoms with Gasteiger partial charge in [0.15, 0.2) is 0 Å². The predicted octanol–water partition coefficient (Wildman–Crippen LogP) is 1.78. The number of nitrogens with one attached hydrogen (secondary N) is 1. The second kappa shape index (κ2) is 5.76. The molecule has 4 atom stereocenters. The summed E-state index contributed by atoms with van der Waals surface area (Å²) in [6.45, 7) is 5.61. The van der Waals surface area contributed by atoms with Gasteiger partial charge in [0, 0.05) is 4.91 Å². The van der Waals surface area contributed by atoms with E-state index in [2.05, 4.69) is 11.4 Å². The molecular weight excluding hydrogens is 288 g/mol. The summed E-state index contributed by atoms with van der Waals surface area (Å²) in [6, 6.07) is 2.14. The second-order valence-electron chi connectivity index (χ2n) is 6.27. The van der Waals surface area contributed by atoms with E-state index < -0.39 is 28.9 Å². The quantitative estimate of drug-likeness (QED) is 0.621. The number of allylic oxidation sites excluding steroid dienone is 2. The lowest BCUT2D eigenvalue weighted by Crippen LogP contribution is -2.42. The molecule has 0 aromatic heterocycles. The van der Waals surface area contributed by atoms with Crippen LogP contribution in [0.3, 0.4) is 0 Å². The third-order valence-corrected chi connectivity index (χ3v) is 4.93. The van der Waals surface area contributed by atoms with E-state index in [1.54, 1.807) is 12.2 Å². The fraction of sp³-hybridized carbons (Fsp3) is 0.533. The van der Waals surface area contributed by atoms with Crippen molar-refractivity contribution in [2.24, 2.45) is 11.3 Å². The Hall–Kier alpha value is -1.42. The molecule has 0 fully saturated rings. The predicted molar refractivity (Wildman–Crippen MR) is 82.0 cm³/mol. The molecule has 4 N–H and O–H groups in total. The summed E-state index contributed by atoms with van der Waals surface area (Å²) in [5.41, 5.74) is 0.00261. The molecule has 0 aromatic carbocycles. The number of nitriles is 1. The summed E-state index contributed by atoms with van der Waals surface area (Å²) in [7, 11) is 0. The van der Waals surface area contributed by atoms with Gasteiger partial charge in [0.2, 0.25) is 0 Å². The highest BCUT2D eigenvalue weighted by Crippen LogP contribution is 2.42. The third kappa shape index (κ3) is 3.10. The normalized spacial score (nSPS) is 28.1. The van der Waals surface area contributed by atoms with E-state index in [9.17, 15) is 20.6 Å². The van der Waals surface area contributed by atoms with Gasteiger partial charge in [-0.3, -0.25) is 0 Å². The Morgan fingerprint density at radius 1 is 1.43 bits per heavy atom. The molecule has 5 nitrogen and oxygen atoms in total. The lowest BCUT2D eigenvalue weighted by atomic mass is 9.81. The minimum absolute atomic E-state index is 0.0229. The van der Waals surface area contributed by atoms with Crippen molar-refractivity contribution in [3.63, 3.8) is 0 Å². The van der Waals surface area contributed by atoms with Crippen LogP contribution in [0.4, 0.5) is 0 Å². The third-order valence-electron chi connectivity index (χ3n) is 3.56. The Kier molecular flexibility index (Phi) is 4.38. The Balaban J connectivity index is 2.23. The van der Waals surface area contributed by atoms with Crippen molar-refractivity contribution >= 4 is 11.8 Å². The molecule has 0 saturated carbocycles. The monoisotopic (exact) mass is 308 g/mol. The number of aliphatic hydroxyl groups is 3. The van der Waals surface area contributed by atoms with Gasteiger partial charge in [0.1, 0.15) is 17.8 Å². The van der Waals surface area contributed by atoms with E-state index in [4.69, 9.17) is 0 Å². The Labute approximate surface area is 128 Å². The van der Waals surface area contributed by atoms with Crippen LogP contribution in [-0.2, 0) is 0 Å². The second-order valence-corrected chi connectivity index (χ2v) is 7.45. The zero-order valence-electron chi connectivity index (χ0n) is 12.2. The summed E-state index contributed by atoms with van der Waals surface area (Å²) < 4.78 is 0. The van der Waals surface area contributed by atoms with Crippen LogP contribution >= 0.6 is 11.8 Å². The first-order valence-electron chi connectivity index (χ1n) is 6.76. The van der Waals surface area contributed by atoms with Gasteiger partial charge in [-0.05, 0) is 11.5 Å². The van der Waals surface area contributed by atoms with Crippen molar-refractivity contribution in [2.45, 2.75) is 38.4 Å². The van der Waals surface area contributed by atoms with Crippen molar-refractivity contribution in [2.75, 3.05) is 0 Å². The molecule has 4 unspecified atom stereocenters. The molecule has 0 spiro atoms. The van der Waals surface area contributed by atoms with Crippen LogP contribution in [0, 0.1) is 22.7 Å². The first kappa shape index (κ1) is 16.0. The van der Waals surface area contributed by atoms with Crippen LogP contribution < -0.4 is 5.32 Å². The molecule has 0 aromatic rings. The molecule has 1 heterocycles. The highest BCUT2D eigenvalue weighted by atomic mass is 32.2. The number of aliphatic hydroxyl groups excluding tert-OH is 3. The van der Waals surface area contributed by atoms with Gasteiger partial charge in [0.25, 0.3) is 0 Å². The fourth-order valence-corrected chi connectivity index (χ4v) is 3.59. The maximum Gasteiger partial charge on any atom is 0.139 e. The van der Waals surface area contributed by atoms with E-state index in [1.807, 2.05) is 20.8 Å². The van der Waals surface area contributed by atoms with E-state index in [0.717, 1.165) is 0 Å². The molecular formula is C15H20N2O3S. The lowest BCUT2D eigenvalue weighted by molar-refractivity contribution is 0.0282. The minimum Gasteiger partial charge on any atom is -0.506 e. The highest BCUT2D eigenvalue weighted by molar-refractivity contribution is 8.04. The van der Waals surface area contributed by atoms with Gasteiger partial charge in [-0.15, -0.1) is 0 Å². The minimum atomic E-state index is -0.825. The molecule has 2 rings (SSSR count). The smallest absolute Gasteiger partial charge is 0.139 e. The van der Waals surface area contributed by atoms with Crippen molar-refractivity contribution in [3.05, 3.63) is 34.6 Å². The molecule has 21 heavy (non-hydrogen) atoms. The standard InChI is InChI=1S/C15H20N2O3S/c1-15(2,3)13(20)8(7-16)14-17-11-9(18)5-4-6-10(19)12(11)21-14/h4-6,8,10,13-14,17-20H,1-3H3. The summed E-state index contributed by atoms with van der Waals surface area (Å²) >= 11 is 1.28. The lowest BCUT2D eigenvalue weighted by Gasteiger charge is -2.32. The summed E-state index contributed by atoms with van der Waals surface area (Å²) in [4.78, 5) is 0.573. The molecule has 0 amide bonds.